The summed E-state index contributed by atoms with van der Waals surface area (Å²) in [7, 11) is 2.11. The third-order valence-electron chi connectivity index (χ3n) is 5.33. The zero-order chi connectivity index (χ0) is 22.2. The van der Waals surface area contributed by atoms with Gasteiger partial charge in [-0.15, -0.1) is 0 Å². The Bertz CT molecular complexity index is 1040. The lowest BCUT2D eigenvalue weighted by Crippen LogP contribution is -2.30. The number of benzene rings is 1. The van der Waals surface area contributed by atoms with Gasteiger partial charge in [0.05, 0.1) is 0 Å². The molecule has 0 spiro atoms. The number of nitrogens with two attached hydrogens (primary N) is 1. The number of aromatic nitrogens is 1. The van der Waals surface area contributed by atoms with E-state index in [9.17, 15) is 0 Å². The van der Waals surface area contributed by atoms with E-state index in [1.807, 2.05) is 0 Å². The molecule has 0 amide bonds. The quantitative estimate of drug-likeness (QED) is 0.440. The van der Waals surface area contributed by atoms with Crippen molar-refractivity contribution in [3.63, 3.8) is 0 Å². The standard InChI is InChI=1S/C23H28N4S.CO2/c1-16-3-4-21-18(11-16)13-19-14-20(12-17-5-10-28-15-17)26-23(22(19)21)25-7-9-27(2)8-6-24;2-1-3/h3-5,10-11,14-15H,6-9,12-13,24H2,1-2H3,(H,25,26);. The van der Waals surface area contributed by atoms with Gasteiger partial charge < -0.3 is 16.0 Å². The molecule has 6 nitrogen and oxygen atoms in total. The summed E-state index contributed by atoms with van der Waals surface area (Å²) < 4.78 is 0. The zero-order valence-electron chi connectivity index (χ0n) is 18.0. The first-order valence-electron chi connectivity index (χ1n) is 10.3. The van der Waals surface area contributed by atoms with Crippen LogP contribution in [0.15, 0.2) is 41.1 Å². The van der Waals surface area contributed by atoms with E-state index < -0.39 is 0 Å². The summed E-state index contributed by atoms with van der Waals surface area (Å²) in [5.41, 5.74) is 14.9. The predicted molar refractivity (Wildman–Crippen MR) is 124 cm³/mol. The highest BCUT2D eigenvalue weighted by atomic mass is 32.1. The van der Waals surface area contributed by atoms with Crippen molar-refractivity contribution in [2.45, 2.75) is 19.8 Å². The molecule has 0 saturated heterocycles. The molecule has 0 atom stereocenters. The van der Waals surface area contributed by atoms with Crippen LogP contribution in [0.2, 0.25) is 0 Å². The van der Waals surface area contributed by atoms with Gasteiger partial charge in [-0.2, -0.15) is 20.9 Å². The molecule has 7 heteroatoms. The Morgan fingerprint density at radius 3 is 2.71 bits per heavy atom. The smallest absolute Gasteiger partial charge is 0.368 e. The Kier molecular flexibility index (Phi) is 8.09. The van der Waals surface area contributed by atoms with Gasteiger partial charge in [-0.3, -0.25) is 0 Å². The molecule has 0 bridgehead atoms. The molecule has 1 aromatic carbocycles. The molecule has 3 N–H and O–H groups in total. The van der Waals surface area contributed by atoms with Crippen LogP contribution in [0.3, 0.4) is 0 Å². The van der Waals surface area contributed by atoms with Crippen molar-refractivity contribution < 1.29 is 9.59 Å². The number of anilines is 1. The van der Waals surface area contributed by atoms with Gasteiger partial charge in [-0.25, -0.2) is 4.98 Å². The van der Waals surface area contributed by atoms with Crippen LogP contribution in [0.5, 0.6) is 0 Å². The number of nitrogens with zero attached hydrogens (tertiary/aromatic N) is 2. The minimum atomic E-state index is 0.250. The van der Waals surface area contributed by atoms with Gasteiger partial charge >= 0.3 is 6.15 Å². The average molecular weight is 437 g/mol. The van der Waals surface area contributed by atoms with Crippen LogP contribution in [0.4, 0.5) is 5.82 Å². The number of hydrogen-bond donors (Lipinski definition) is 2. The number of aryl methyl sites for hydroxylation is 1. The number of fused-ring (bicyclic) bond motifs is 3. The average Bonchev–Trinajstić information content (AvgIpc) is 3.35. The molecule has 162 valence electrons. The fourth-order valence-electron chi connectivity index (χ4n) is 3.93. The van der Waals surface area contributed by atoms with Crippen LogP contribution in [-0.4, -0.2) is 49.3 Å². The highest BCUT2D eigenvalue weighted by molar-refractivity contribution is 7.07. The van der Waals surface area contributed by atoms with E-state index in [-0.39, 0.29) is 6.15 Å². The first-order valence-corrected chi connectivity index (χ1v) is 11.3. The second-order valence-electron chi connectivity index (χ2n) is 7.74. The summed E-state index contributed by atoms with van der Waals surface area (Å²) in [5, 5.41) is 7.96. The Balaban J connectivity index is 0.000000858. The molecule has 2 heterocycles. The van der Waals surface area contributed by atoms with Gasteiger partial charge in [-0.1, -0.05) is 23.8 Å². The van der Waals surface area contributed by atoms with Gasteiger partial charge in [0.15, 0.2) is 0 Å². The Morgan fingerprint density at radius 2 is 2.00 bits per heavy atom. The van der Waals surface area contributed by atoms with E-state index in [4.69, 9.17) is 20.3 Å². The van der Waals surface area contributed by atoms with Crippen LogP contribution < -0.4 is 11.1 Å². The highest BCUT2D eigenvalue weighted by Gasteiger charge is 2.23. The van der Waals surface area contributed by atoms with Gasteiger partial charge in [-0.05, 0) is 65.5 Å². The van der Waals surface area contributed by atoms with E-state index >= 15 is 0 Å². The molecule has 1 aliphatic carbocycles. The number of rotatable bonds is 8. The fraction of sp³-hybridized carbons (Fsp3) is 0.333. The van der Waals surface area contributed by atoms with E-state index in [0.717, 1.165) is 44.0 Å². The maximum atomic E-state index is 8.12. The summed E-state index contributed by atoms with van der Waals surface area (Å²) >= 11 is 1.74. The Hall–Kier alpha value is -2.83. The third kappa shape index (κ3) is 5.87. The summed E-state index contributed by atoms with van der Waals surface area (Å²) in [6.07, 6.45) is 2.13. The molecule has 1 aliphatic rings. The second kappa shape index (κ2) is 11.0. The maximum absolute atomic E-state index is 8.12. The van der Waals surface area contributed by atoms with Crippen LogP contribution in [0.1, 0.15) is 27.9 Å². The maximum Gasteiger partial charge on any atom is 0.373 e. The summed E-state index contributed by atoms with van der Waals surface area (Å²) in [5.74, 6) is 1.02. The first-order chi connectivity index (χ1) is 15.0. The third-order valence-corrected chi connectivity index (χ3v) is 6.06. The van der Waals surface area contributed by atoms with E-state index in [1.54, 1.807) is 11.3 Å². The molecule has 0 aliphatic heterocycles. The summed E-state index contributed by atoms with van der Waals surface area (Å²) in [6, 6.07) is 11.3. The van der Waals surface area contributed by atoms with Gasteiger partial charge in [0, 0.05) is 43.9 Å². The molecule has 4 rings (SSSR count). The van der Waals surface area contributed by atoms with Crippen LogP contribution in [-0.2, 0) is 22.4 Å². The minimum Gasteiger partial charge on any atom is -0.368 e. The Labute approximate surface area is 187 Å². The number of thiophene rings is 1. The largest absolute Gasteiger partial charge is 0.373 e. The van der Waals surface area contributed by atoms with Crippen molar-refractivity contribution in [1.82, 2.24) is 9.88 Å². The summed E-state index contributed by atoms with van der Waals surface area (Å²) in [6.45, 7) is 5.57. The number of pyridine rings is 1. The van der Waals surface area contributed by atoms with Crippen LogP contribution in [0.25, 0.3) is 11.1 Å². The van der Waals surface area contributed by atoms with Crippen molar-refractivity contribution in [2.75, 3.05) is 38.5 Å². The lowest BCUT2D eigenvalue weighted by atomic mass is 10.0. The molecular formula is C24H28N4O2S. The monoisotopic (exact) mass is 436 g/mol. The molecular weight excluding hydrogens is 408 g/mol. The molecule has 2 aromatic heterocycles. The first kappa shape index (κ1) is 22.8. The van der Waals surface area contributed by atoms with Crippen LogP contribution in [0, 0.1) is 6.92 Å². The van der Waals surface area contributed by atoms with Crippen molar-refractivity contribution >= 4 is 23.3 Å². The molecule has 0 saturated carbocycles. The van der Waals surface area contributed by atoms with Crippen molar-refractivity contribution in [3.05, 3.63) is 69.0 Å². The number of nitrogens with one attached hydrogen (secondary N) is 1. The van der Waals surface area contributed by atoms with E-state index in [1.165, 1.54) is 33.4 Å². The molecule has 3 aromatic rings. The van der Waals surface area contributed by atoms with Crippen molar-refractivity contribution in [3.8, 4) is 11.1 Å². The van der Waals surface area contributed by atoms with E-state index in [2.05, 4.69) is 65.3 Å². The lowest BCUT2D eigenvalue weighted by molar-refractivity contribution is -0.191. The summed E-state index contributed by atoms with van der Waals surface area (Å²) in [4.78, 5) is 23.5. The van der Waals surface area contributed by atoms with Gasteiger partial charge in [0.25, 0.3) is 0 Å². The number of carbonyl (C=O) groups excluding carboxylic acids is 2. The molecule has 0 radical (unpaired) electrons. The van der Waals surface area contributed by atoms with E-state index in [0.29, 0.717) is 6.54 Å². The number of likely N-dealkylation sites (N-methyl/N-ethyl adjacent to an activating group) is 1. The normalized spacial score (nSPS) is 11.4. The molecule has 31 heavy (non-hydrogen) atoms. The van der Waals surface area contributed by atoms with Crippen molar-refractivity contribution in [1.29, 1.82) is 0 Å². The lowest BCUT2D eigenvalue weighted by Gasteiger charge is -2.18. The van der Waals surface area contributed by atoms with Crippen molar-refractivity contribution in [2.24, 2.45) is 5.73 Å². The zero-order valence-corrected chi connectivity index (χ0v) is 18.8. The Morgan fingerprint density at radius 1 is 1.19 bits per heavy atom. The minimum absolute atomic E-state index is 0.250. The molecule has 0 unspecified atom stereocenters. The topological polar surface area (TPSA) is 88.3 Å². The number of hydrogen-bond acceptors (Lipinski definition) is 7. The fourth-order valence-corrected chi connectivity index (χ4v) is 4.60. The second-order valence-corrected chi connectivity index (χ2v) is 8.52. The predicted octanol–water partition coefficient (Wildman–Crippen LogP) is 3.33. The SMILES string of the molecule is Cc1ccc2c(c1)Cc1cc(Cc3ccsc3)nc(NCCN(C)CCN)c1-2.O=C=O. The highest BCUT2D eigenvalue weighted by Crippen LogP contribution is 2.41. The van der Waals surface area contributed by atoms with Gasteiger partial charge in [0.1, 0.15) is 5.82 Å². The molecule has 0 fully saturated rings. The van der Waals surface area contributed by atoms with Gasteiger partial charge in [0.2, 0.25) is 0 Å². The van der Waals surface area contributed by atoms with Crippen LogP contribution >= 0.6 is 11.3 Å².